The number of anilines is 1. The molecule has 2 N–H and O–H groups in total. The Morgan fingerprint density at radius 3 is 2.90 bits per heavy atom. The number of hydrogen-bond acceptors (Lipinski definition) is 8. The zero-order chi connectivity index (χ0) is 20.5. The molecule has 4 heterocycles. The Labute approximate surface area is 180 Å². The molecule has 0 atom stereocenters. The van der Waals surface area contributed by atoms with Gasteiger partial charge in [0.1, 0.15) is 17.0 Å². The second-order valence-corrected chi connectivity index (χ2v) is 8.59. The second-order valence-electron chi connectivity index (χ2n) is 6.81. The van der Waals surface area contributed by atoms with Crippen LogP contribution in [0.25, 0.3) is 10.2 Å². The number of hydrogen-bond donors (Lipinski definition) is 2. The third kappa shape index (κ3) is 3.57. The molecule has 9 heteroatoms. The molecule has 0 fully saturated rings. The number of benzene rings is 1. The highest BCUT2D eigenvalue weighted by molar-refractivity contribution is 7.20. The van der Waals surface area contributed by atoms with E-state index in [0.29, 0.717) is 23.8 Å². The summed E-state index contributed by atoms with van der Waals surface area (Å²) in [5.74, 6) is 2.13. The number of aromatic nitrogens is 2. The number of carbonyl (C=O) groups is 1. The lowest BCUT2D eigenvalue weighted by atomic mass is 10.1. The van der Waals surface area contributed by atoms with Gasteiger partial charge in [-0.15, -0.1) is 11.3 Å². The summed E-state index contributed by atoms with van der Waals surface area (Å²) in [4.78, 5) is 23.0. The highest BCUT2D eigenvalue weighted by Gasteiger charge is 2.19. The van der Waals surface area contributed by atoms with Crippen molar-refractivity contribution in [2.75, 3.05) is 12.1 Å². The quantitative estimate of drug-likeness (QED) is 0.466. The highest BCUT2D eigenvalue weighted by atomic mass is 32.1. The molecule has 0 bridgehead atoms. The fourth-order valence-electron chi connectivity index (χ4n) is 3.31. The van der Waals surface area contributed by atoms with Gasteiger partial charge in [0.25, 0.3) is 5.91 Å². The van der Waals surface area contributed by atoms with E-state index >= 15 is 0 Å². The van der Waals surface area contributed by atoms with Crippen LogP contribution in [0.4, 0.5) is 5.82 Å². The van der Waals surface area contributed by atoms with E-state index in [-0.39, 0.29) is 12.7 Å². The summed E-state index contributed by atoms with van der Waals surface area (Å²) < 4.78 is 10.8. The van der Waals surface area contributed by atoms with Crippen molar-refractivity contribution in [2.24, 2.45) is 0 Å². The Hall–Kier alpha value is -3.17. The number of nitrogens with one attached hydrogen (secondary N) is 2. The molecule has 0 spiro atoms. The molecule has 30 heavy (non-hydrogen) atoms. The van der Waals surface area contributed by atoms with Crippen molar-refractivity contribution in [2.45, 2.75) is 20.0 Å². The van der Waals surface area contributed by atoms with E-state index in [9.17, 15) is 4.79 Å². The SMILES string of the molecule is Cc1c(C(=O)NCc2ccsc2)sc2ncnc(NCc3ccc4c(c3)OCO4)c12. The summed E-state index contributed by atoms with van der Waals surface area (Å²) in [6.07, 6.45) is 1.52. The van der Waals surface area contributed by atoms with E-state index in [2.05, 4.69) is 20.6 Å². The number of rotatable bonds is 6. The number of carbonyl (C=O) groups excluding carboxylic acids is 1. The van der Waals surface area contributed by atoms with Crippen molar-refractivity contribution in [1.29, 1.82) is 0 Å². The third-order valence-corrected chi connectivity index (χ3v) is 6.79. The van der Waals surface area contributed by atoms with Crippen LogP contribution in [0.3, 0.4) is 0 Å². The molecule has 0 unspecified atom stereocenters. The van der Waals surface area contributed by atoms with Gasteiger partial charge in [0.05, 0.1) is 10.3 Å². The van der Waals surface area contributed by atoms with Crippen LogP contribution in [0, 0.1) is 6.92 Å². The molecule has 0 saturated heterocycles. The van der Waals surface area contributed by atoms with Crippen molar-refractivity contribution in [3.05, 3.63) is 62.9 Å². The minimum Gasteiger partial charge on any atom is -0.454 e. The lowest BCUT2D eigenvalue weighted by molar-refractivity contribution is 0.0954. The van der Waals surface area contributed by atoms with Crippen LogP contribution in [0.5, 0.6) is 11.5 Å². The van der Waals surface area contributed by atoms with Crippen LogP contribution >= 0.6 is 22.7 Å². The number of thiophene rings is 2. The first kappa shape index (κ1) is 18.8. The molecule has 1 amide bonds. The fraction of sp³-hybridized carbons (Fsp3) is 0.190. The first-order valence-electron chi connectivity index (χ1n) is 9.35. The smallest absolute Gasteiger partial charge is 0.261 e. The maximum absolute atomic E-state index is 12.7. The van der Waals surface area contributed by atoms with Gasteiger partial charge >= 0.3 is 0 Å². The zero-order valence-electron chi connectivity index (χ0n) is 16.1. The normalized spacial score (nSPS) is 12.3. The van der Waals surface area contributed by atoms with Crippen LogP contribution in [-0.4, -0.2) is 22.7 Å². The molecule has 0 saturated carbocycles. The Bertz CT molecular complexity index is 1220. The second kappa shape index (κ2) is 7.92. The average molecular weight is 439 g/mol. The Balaban J connectivity index is 1.36. The van der Waals surface area contributed by atoms with Crippen molar-refractivity contribution < 1.29 is 14.3 Å². The van der Waals surface area contributed by atoms with E-state index in [0.717, 1.165) is 38.4 Å². The van der Waals surface area contributed by atoms with Crippen LogP contribution in [0.1, 0.15) is 26.4 Å². The van der Waals surface area contributed by atoms with Crippen LogP contribution in [0.2, 0.25) is 0 Å². The molecule has 0 aliphatic carbocycles. The van der Waals surface area contributed by atoms with Crippen LogP contribution in [-0.2, 0) is 13.1 Å². The van der Waals surface area contributed by atoms with Crippen LogP contribution < -0.4 is 20.1 Å². The van der Waals surface area contributed by atoms with E-state index in [1.54, 1.807) is 11.3 Å². The van der Waals surface area contributed by atoms with Gasteiger partial charge in [-0.2, -0.15) is 11.3 Å². The van der Waals surface area contributed by atoms with Gasteiger partial charge in [-0.25, -0.2) is 9.97 Å². The topological polar surface area (TPSA) is 85.4 Å². The first-order valence-corrected chi connectivity index (χ1v) is 11.1. The number of ether oxygens (including phenoxy) is 2. The summed E-state index contributed by atoms with van der Waals surface area (Å²) in [5, 5.41) is 11.3. The summed E-state index contributed by atoms with van der Waals surface area (Å²) >= 11 is 3.00. The van der Waals surface area contributed by atoms with E-state index < -0.39 is 0 Å². The minimum absolute atomic E-state index is 0.0941. The van der Waals surface area contributed by atoms with Gasteiger partial charge in [0.2, 0.25) is 6.79 Å². The molecular weight excluding hydrogens is 420 g/mol. The van der Waals surface area contributed by atoms with Crippen LogP contribution in [0.15, 0.2) is 41.4 Å². The standard InChI is InChI=1S/C21H18N4O3S2/c1-12-17-19(22-7-13-2-3-15-16(6-13)28-11-27-15)24-10-25-21(17)30-18(12)20(26)23-8-14-4-5-29-9-14/h2-6,9-10H,7-8,11H2,1H3,(H,23,26)(H,22,24,25). The maximum Gasteiger partial charge on any atom is 0.261 e. The van der Waals surface area contributed by atoms with E-state index in [4.69, 9.17) is 9.47 Å². The van der Waals surface area contributed by atoms with Gasteiger partial charge in [-0.1, -0.05) is 6.07 Å². The fourth-order valence-corrected chi connectivity index (χ4v) is 5.05. The van der Waals surface area contributed by atoms with Gasteiger partial charge in [0, 0.05) is 13.1 Å². The average Bonchev–Trinajstić information content (AvgIpc) is 3.50. The lowest BCUT2D eigenvalue weighted by Crippen LogP contribution is -2.22. The summed E-state index contributed by atoms with van der Waals surface area (Å²) in [7, 11) is 0. The van der Waals surface area contributed by atoms with Gasteiger partial charge in [0.15, 0.2) is 11.5 Å². The number of nitrogens with zero attached hydrogens (tertiary/aromatic N) is 2. The van der Waals surface area contributed by atoms with Gasteiger partial charge in [-0.3, -0.25) is 4.79 Å². The van der Waals surface area contributed by atoms with Crippen molar-refractivity contribution >= 4 is 44.6 Å². The molecule has 152 valence electrons. The first-order chi connectivity index (χ1) is 14.7. The molecule has 7 nitrogen and oxygen atoms in total. The summed E-state index contributed by atoms with van der Waals surface area (Å²) in [6, 6.07) is 7.85. The molecular formula is C21H18N4O3S2. The minimum atomic E-state index is -0.0941. The maximum atomic E-state index is 12.7. The zero-order valence-corrected chi connectivity index (χ0v) is 17.7. The molecule has 1 aliphatic heterocycles. The van der Waals surface area contributed by atoms with E-state index in [1.807, 2.05) is 41.9 Å². The monoisotopic (exact) mass is 438 g/mol. The number of fused-ring (bicyclic) bond motifs is 2. The predicted molar refractivity (Wildman–Crippen MR) is 118 cm³/mol. The molecule has 5 rings (SSSR count). The predicted octanol–water partition coefficient (Wildman–Crippen LogP) is 4.33. The van der Waals surface area contributed by atoms with Crippen molar-refractivity contribution in [1.82, 2.24) is 15.3 Å². The molecule has 3 aromatic heterocycles. The molecule has 0 radical (unpaired) electrons. The number of amides is 1. The molecule has 1 aromatic carbocycles. The van der Waals surface area contributed by atoms with E-state index in [1.165, 1.54) is 17.7 Å². The molecule has 4 aromatic rings. The molecule has 1 aliphatic rings. The largest absolute Gasteiger partial charge is 0.454 e. The highest BCUT2D eigenvalue weighted by Crippen LogP contribution is 2.35. The van der Waals surface area contributed by atoms with Crippen molar-refractivity contribution in [3.63, 3.8) is 0 Å². The Kier molecular flexibility index (Phi) is 4.97. The third-order valence-electron chi connectivity index (χ3n) is 4.86. The Morgan fingerprint density at radius 1 is 1.13 bits per heavy atom. The van der Waals surface area contributed by atoms with Crippen molar-refractivity contribution in [3.8, 4) is 11.5 Å². The number of aryl methyl sites for hydroxylation is 1. The Morgan fingerprint density at radius 2 is 2.03 bits per heavy atom. The van der Waals surface area contributed by atoms with Gasteiger partial charge in [-0.05, 0) is 52.6 Å². The van der Waals surface area contributed by atoms with Gasteiger partial charge < -0.3 is 20.1 Å². The summed E-state index contributed by atoms with van der Waals surface area (Å²) in [6.45, 7) is 3.27. The lowest BCUT2D eigenvalue weighted by Gasteiger charge is -2.08. The summed E-state index contributed by atoms with van der Waals surface area (Å²) in [5.41, 5.74) is 3.03.